The van der Waals surface area contributed by atoms with Crippen molar-refractivity contribution in [1.29, 1.82) is 0 Å². The number of carbonyl (C=O) groups excluding carboxylic acids is 2. The van der Waals surface area contributed by atoms with E-state index in [0.717, 1.165) is 5.56 Å². The molecule has 2 rings (SSSR count). The monoisotopic (exact) mass is 380 g/mol. The first-order valence-corrected chi connectivity index (χ1v) is 9.25. The number of nitrogens with zero attached hydrogens (tertiary/aromatic N) is 1. The van der Waals surface area contributed by atoms with Crippen LogP contribution in [-0.2, 0) is 14.3 Å². The van der Waals surface area contributed by atoms with Gasteiger partial charge in [0.05, 0.1) is 31.8 Å². The SMILES string of the molecule is CC(C)[C@H](N)C(=O)NCC(=O)NCC(c1cccc(F)c1)N1CCOCC1. The van der Waals surface area contributed by atoms with Gasteiger partial charge in [-0.25, -0.2) is 4.39 Å². The Morgan fingerprint density at radius 2 is 1.96 bits per heavy atom. The van der Waals surface area contributed by atoms with Crippen LogP contribution in [0.3, 0.4) is 0 Å². The van der Waals surface area contributed by atoms with Crippen LogP contribution in [0.4, 0.5) is 4.39 Å². The van der Waals surface area contributed by atoms with Gasteiger partial charge in [0, 0.05) is 19.6 Å². The Morgan fingerprint density at radius 3 is 2.59 bits per heavy atom. The van der Waals surface area contributed by atoms with Crippen molar-refractivity contribution in [3.63, 3.8) is 0 Å². The van der Waals surface area contributed by atoms with E-state index >= 15 is 0 Å². The zero-order valence-corrected chi connectivity index (χ0v) is 15.9. The third-order valence-electron chi connectivity index (χ3n) is 4.66. The van der Waals surface area contributed by atoms with Gasteiger partial charge in [-0.05, 0) is 23.6 Å². The van der Waals surface area contributed by atoms with E-state index in [-0.39, 0.29) is 36.1 Å². The van der Waals surface area contributed by atoms with Gasteiger partial charge in [0.25, 0.3) is 0 Å². The molecule has 1 aromatic rings. The van der Waals surface area contributed by atoms with Gasteiger partial charge in [0.1, 0.15) is 5.82 Å². The fourth-order valence-corrected chi connectivity index (χ4v) is 2.92. The first-order chi connectivity index (χ1) is 12.9. The second-order valence-electron chi connectivity index (χ2n) is 7.01. The molecule has 2 amide bonds. The predicted octanol–water partition coefficient (Wildman–Crippen LogP) is 0.415. The molecular weight excluding hydrogens is 351 g/mol. The molecule has 0 aliphatic carbocycles. The highest BCUT2D eigenvalue weighted by Gasteiger charge is 2.24. The van der Waals surface area contributed by atoms with Crippen LogP contribution < -0.4 is 16.4 Å². The Morgan fingerprint density at radius 1 is 1.26 bits per heavy atom. The zero-order valence-electron chi connectivity index (χ0n) is 15.9. The Hall–Kier alpha value is -2.03. The molecule has 1 aliphatic rings. The molecule has 27 heavy (non-hydrogen) atoms. The summed E-state index contributed by atoms with van der Waals surface area (Å²) in [6.07, 6.45) is 0. The second kappa shape index (κ2) is 10.3. The Bertz CT molecular complexity index is 635. The van der Waals surface area contributed by atoms with Crippen molar-refractivity contribution < 1.29 is 18.7 Å². The van der Waals surface area contributed by atoms with E-state index in [9.17, 15) is 14.0 Å². The average Bonchev–Trinajstić information content (AvgIpc) is 2.66. The largest absolute Gasteiger partial charge is 0.379 e. The van der Waals surface area contributed by atoms with Gasteiger partial charge in [-0.3, -0.25) is 14.5 Å². The molecule has 7 nitrogen and oxygen atoms in total. The van der Waals surface area contributed by atoms with Crippen LogP contribution in [0.25, 0.3) is 0 Å². The number of carbonyl (C=O) groups is 2. The standard InChI is InChI=1S/C19H29FN4O3/c1-13(2)18(21)19(26)23-12-17(25)22-11-16(24-6-8-27-9-7-24)14-4-3-5-15(20)10-14/h3-5,10,13,16,18H,6-9,11-12,21H2,1-2H3,(H,22,25)(H,23,26)/t16?,18-/m0/s1. The maximum Gasteiger partial charge on any atom is 0.239 e. The maximum absolute atomic E-state index is 13.7. The maximum atomic E-state index is 13.7. The van der Waals surface area contributed by atoms with Gasteiger partial charge in [-0.2, -0.15) is 0 Å². The summed E-state index contributed by atoms with van der Waals surface area (Å²) < 4.78 is 19.0. The van der Waals surface area contributed by atoms with Gasteiger partial charge in [-0.1, -0.05) is 26.0 Å². The minimum absolute atomic E-state index is 0.00765. The molecule has 1 unspecified atom stereocenters. The van der Waals surface area contributed by atoms with Crippen molar-refractivity contribution in [3.8, 4) is 0 Å². The highest BCUT2D eigenvalue weighted by molar-refractivity contribution is 5.87. The highest BCUT2D eigenvalue weighted by Crippen LogP contribution is 2.22. The van der Waals surface area contributed by atoms with Crippen molar-refractivity contribution in [2.75, 3.05) is 39.4 Å². The van der Waals surface area contributed by atoms with E-state index in [0.29, 0.717) is 32.8 Å². The van der Waals surface area contributed by atoms with Crippen molar-refractivity contribution in [3.05, 3.63) is 35.6 Å². The number of ether oxygens (including phenoxy) is 1. The van der Waals surface area contributed by atoms with Crippen LogP contribution in [0.1, 0.15) is 25.5 Å². The van der Waals surface area contributed by atoms with Crippen molar-refractivity contribution in [1.82, 2.24) is 15.5 Å². The molecule has 0 spiro atoms. The zero-order chi connectivity index (χ0) is 19.8. The number of nitrogens with two attached hydrogens (primary N) is 1. The first-order valence-electron chi connectivity index (χ1n) is 9.25. The minimum Gasteiger partial charge on any atom is -0.379 e. The lowest BCUT2D eigenvalue weighted by Crippen LogP contribution is -2.48. The fourth-order valence-electron chi connectivity index (χ4n) is 2.92. The number of hydrogen-bond acceptors (Lipinski definition) is 5. The normalized spacial score (nSPS) is 17.4. The summed E-state index contributed by atoms with van der Waals surface area (Å²) in [5.41, 5.74) is 6.55. The third-order valence-corrected chi connectivity index (χ3v) is 4.66. The van der Waals surface area contributed by atoms with Crippen LogP contribution in [0, 0.1) is 11.7 Å². The minimum atomic E-state index is -0.647. The van der Waals surface area contributed by atoms with Gasteiger partial charge < -0.3 is 21.1 Å². The van der Waals surface area contributed by atoms with Crippen LogP contribution >= 0.6 is 0 Å². The Balaban J connectivity index is 1.93. The van der Waals surface area contributed by atoms with Gasteiger partial charge in [0.2, 0.25) is 11.8 Å². The predicted molar refractivity (Wildman–Crippen MR) is 100 cm³/mol. The topological polar surface area (TPSA) is 96.7 Å². The molecule has 150 valence electrons. The molecule has 0 bridgehead atoms. The van der Waals surface area contributed by atoms with E-state index in [1.54, 1.807) is 6.07 Å². The molecule has 1 fully saturated rings. The summed E-state index contributed by atoms with van der Waals surface area (Å²) >= 11 is 0. The lowest BCUT2D eigenvalue weighted by Gasteiger charge is -2.35. The molecule has 0 saturated carbocycles. The Kier molecular flexibility index (Phi) is 8.15. The molecular formula is C19H29FN4O3. The smallest absolute Gasteiger partial charge is 0.239 e. The lowest BCUT2D eigenvalue weighted by atomic mass is 10.0. The van der Waals surface area contributed by atoms with Gasteiger partial charge >= 0.3 is 0 Å². The van der Waals surface area contributed by atoms with Crippen LogP contribution in [-0.4, -0.2) is 62.1 Å². The van der Waals surface area contributed by atoms with Crippen LogP contribution in [0.2, 0.25) is 0 Å². The summed E-state index contributed by atoms with van der Waals surface area (Å²) in [5, 5.41) is 5.37. The molecule has 4 N–H and O–H groups in total. The van der Waals surface area contributed by atoms with E-state index in [2.05, 4.69) is 15.5 Å². The Labute approximate surface area is 159 Å². The number of amides is 2. The molecule has 1 aliphatic heterocycles. The number of rotatable bonds is 8. The van der Waals surface area contributed by atoms with E-state index in [4.69, 9.17) is 10.5 Å². The number of benzene rings is 1. The van der Waals surface area contributed by atoms with Crippen molar-refractivity contribution >= 4 is 11.8 Å². The number of halogens is 1. The fraction of sp³-hybridized carbons (Fsp3) is 0.579. The van der Waals surface area contributed by atoms with Crippen molar-refractivity contribution in [2.24, 2.45) is 11.7 Å². The van der Waals surface area contributed by atoms with E-state index in [1.165, 1.54) is 12.1 Å². The molecule has 1 heterocycles. The summed E-state index contributed by atoms with van der Waals surface area (Å²) in [5.74, 6) is -0.984. The highest BCUT2D eigenvalue weighted by atomic mass is 19.1. The molecule has 2 atom stereocenters. The quantitative estimate of drug-likeness (QED) is 0.607. The second-order valence-corrected chi connectivity index (χ2v) is 7.01. The first kappa shape index (κ1) is 21.3. The van der Waals surface area contributed by atoms with Crippen LogP contribution in [0.15, 0.2) is 24.3 Å². The van der Waals surface area contributed by atoms with Gasteiger partial charge in [-0.15, -0.1) is 0 Å². The summed E-state index contributed by atoms with van der Waals surface area (Å²) in [4.78, 5) is 26.2. The van der Waals surface area contributed by atoms with Gasteiger partial charge in [0.15, 0.2) is 0 Å². The molecule has 1 saturated heterocycles. The number of morpholine rings is 1. The summed E-state index contributed by atoms with van der Waals surface area (Å²) in [7, 11) is 0. The summed E-state index contributed by atoms with van der Waals surface area (Å²) in [6, 6.07) is 5.57. The van der Waals surface area contributed by atoms with E-state index in [1.807, 2.05) is 19.9 Å². The molecule has 0 radical (unpaired) electrons. The molecule has 8 heteroatoms. The van der Waals surface area contributed by atoms with Crippen molar-refractivity contribution in [2.45, 2.75) is 25.9 Å². The van der Waals surface area contributed by atoms with E-state index < -0.39 is 6.04 Å². The van der Waals surface area contributed by atoms with Crippen LogP contribution in [0.5, 0.6) is 0 Å². The lowest BCUT2D eigenvalue weighted by molar-refractivity contribution is -0.127. The number of hydrogen-bond donors (Lipinski definition) is 3. The molecule has 1 aromatic carbocycles. The third kappa shape index (κ3) is 6.57. The summed E-state index contributed by atoms with van der Waals surface area (Å²) in [6.45, 7) is 6.47. The molecule has 0 aromatic heterocycles. The number of nitrogens with one attached hydrogen (secondary N) is 2. The average molecular weight is 380 g/mol.